The van der Waals surface area contributed by atoms with E-state index >= 15 is 0 Å². The first-order valence-corrected chi connectivity index (χ1v) is 8.69. The number of thiophene rings is 1. The maximum atomic E-state index is 12.4. The van der Waals surface area contributed by atoms with Crippen LogP contribution in [0.4, 0.5) is 0 Å². The molecule has 1 amide bonds. The Morgan fingerprint density at radius 2 is 2.15 bits per heavy atom. The number of nitrogens with one attached hydrogen (secondary N) is 1. The van der Waals surface area contributed by atoms with Crippen LogP contribution in [0.5, 0.6) is 0 Å². The van der Waals surface area contributed by atoms with Gasteiger partial charge in [-0.3, -0.25) is 10.1 Å². The van der Waals surface area contributed by atoms with Gasteiger partial charge in [-0.05, 0) is 47.1 Å². The van der Waals surface area contributed by atoms with Gasteiger partial charge in [0.1, 0.15) is 6.17 Å². The summed E-state index contributed by atoms with van der Waals surface area (Å²) >= 11 is 1.71. The summed E-state index contributed by atoms with van der Waals surface area (Å²) in [6.07, 6.45) is 5.10. The summed E-state index contributed by atoms with van der Waals surface area (Å²) in [5.41, 5.74) is 1.24. The van der Waals surface area contributed by atoms with Gasteiger partial charge < -0.3 is 4.90 Å². The summed E-state index contributed by atoms with van der Waals surface area (Å²) < 4.78 is 0. The average molecular weight is 292 g/mol. The molecular formula is C16H24N2OS. The predicted octanol–water partition coefficient (Wildman–Crippen LogP) is 3.39. The van der Waals surface area contributed by atoms with Crippen LogP contribution in [-0.2, 0) is 4.79 Å². The van der Waals surface area contributed by atoms with Crippen molar-refractivity contribution in [3.63, 3.8) is 0 Å². The van der Waals surface area contributed by atoms with Crippen LogP contribution >= 0.6 is 11.3 Å². The van der Waals surface area contributed by atoms with Gasteiger partial charge in [-0.25, -0.2) is 0 Å². The second kappa shape index (κ2) is 5.86. The number of hydrogen-bond acceptors (Lipinski definition) is 3. The molecule has 1 saturated heterocycles. The molecule has 20 heavy (non-hydrogen) atoms. The van der Waals surface area contributed by atoms with Crippen LogP contribution in [0.3, 0.4) is 0 Å². The Morgan fingerprint density at radius 3 is 2.85 bits per heavy atom. The van der Waals surface area contributed by atoms with Gasteiger partial charge in [-0.1, -0.05) is 26.7 Å². The molecule has 0 spiro atoms. The maximum Gasteiger partial charge on any atom is 0.238 e. The van der Waals surface area contributed by atoms with E-state index in [9.17, 15) is 4.79 Å². The molecule has 0 radical (unpaired) electrons. The SMILES string of the molecule is CC(C)C1CCCCC1N1C(=O)CNC1c1ccsc1. The molecule has 1 aromatic heterocycles. The quantitative estimate of drug-likeness (QED) is 0.926. The number of carbonyl (C=O) groups is 1. The zero-order valence-corrected chi connectivity index (χ0v) is 13.2. The molecule has 1 N–H and O–H groups in total. The van der Waals surface area contributed by atoms with Gasteiger partial charge in [0.15, 0.2) is 0 Å². The molecule has 3 nitrogen and oxygen atoms in total. The highest BCUT2D eigenvalue weighted by Gasteiger charge is 2.41. The van der Waals surface area contributed by atoms with Gasteiger partial charge in [0.05, 0.1) is 6.54 Å². The molecule has 0 bridgehead atoms. The molecular weight excluding hydrogens is 268 g/mol. The standard InChI is InChI=1S/C16H24N2OS/c1-11(2)13-5-3-4-6-14(13)18-15(19)9-17-16(18)12-7-8-20-10-12/h7-8,10-11,13-14,16-17H,3-6,9H2,1-2H3. The van der Waals surface area contributed by atoms with E-state index in [1.165, 1.54) is 24.8 Å². The van der Waals surface area contributed by atoms with Crippen molar-refractivity contribution in [2.75, 3.05) is 6.54 Å². The molecule has 1 saturated carbocycles. The normalized spacial score (nSPS) is 31.2. The monoisotopic (exact) mass is 292 g/mol. The fourth-order valence-electron chi connectivity index (χ4n) is 3.87. The number of carbonyl (C=O) groups excluding carboxylic acids is 1. The minimum Gasteiger partial charge on any atom is -0.319 e. The van der Waals surface area contributed by atoms with Gasteiger partial charge >= 0.3 is 0 Å². The van der Waals surface area contributed by atoms with E-state index in [0.29, 0.717) is 24.4 Å². The lowest BCUT2D eigenvalue weighted by molar-refractivity contribution is -0.133. The van der Waals surface area contributed by atoms with Crippen LogP contribution < -0.4 is 5.32 Å². The Bertz CT molecular complexity index is 457. The first-order chi connectivity index (χ1) is 9.68. The second-order valence-corrected chi connectivity index (χ2v) is 7.18. The van der Waals surface area contributed by atoms with Crippen molar-refractivity contribution in [1.82, 2.24) is 10.2 Å². The Labute approximate surface area is 125 Å². The van der Waals surface area contributed by atoms with Crippen molar-refractivity contribution in [2.24, 2.45) is 11.8 Å². The zero-order valence-electron chi connectivity index (χ0n) is 12.3. The van der Waals surface area contributed by atoms with Crippen LogP contribution in [0.2, 0.25) is 0 Å². The van der Waals surface area contributed by atoms with Crippen molar-refractivity contribution in [3.8, 4) is 0 Å². The number of rotatable bonds is 3. The summed E-state index contributed by atoms with van der Waals surface area (Å²) in [7, 11) is 0. The first kappa shape index (κ1) is 14.1. The molecule has 1 aliphatic heterocycles. The number of amides is 1. The summed E-state index contributed by atoms with van der Waals surface area (Å²) in [4.78, 5) is 14.6. The average Bonchev–Trinajstić information content (AvgIpc) is 3.07. The van der Waals surface area contributed by atoms with E-state index in [1.54, 1.807) is 11.3 Å². The highest BCUT2D eigenvalue weighted by Crippen LogP contribution is 2.38. The predicted molar refractivity (Wildman–Crippen MR) is 82.5 cm³/mol. The third kappa shape index (κ3) is 2.51. The fourth-order valence-corrected chi connectivity index (χ4v) is 4.54. The molecule has 110 valence electrons. The van der Waals surface area contributed by atoms with Crippen LogP contribution in [-0.4, -0.2) is 23.4 Å². The van der Waals surface area contributed by atoms with Crippen molar-refractivity contribution in [2.45, 2.75) is 51.7 Å². The smallest absolute Gasteiger partial charge is 0.238 e. The Hall–Kier alpha value is -0.870. The van der Waals surface area contributed by atoms with Crippen LogP contribution in [0, 0.1) is 11.8 Å². The summed E-state index contributed by atoms with van der Waals surface area (Å²) in [6, 6.07) is 2.55. The molecule has 1 aromatic rings. The van der Waals surface area contributed by atoms with Gasteiger partial charge in [-0.15, -0.1) is 0 Å². The molecule has 3 rings (SSSR count). The summed E-state index contributed by atoms with van der Waals surface area (Å²) in [6.45, 7) is 5.09. The van der Waals surface area contributed by atoms with Gasteiger partial charge in [0.25, 0.3) is 0 Å². The van der Waals surface area contributed by atoms with Crippen LogP contribution in [0.1, 0.15) is 51.3 Å². The third-order valence-electron chi connectivity index (χ3n) is 4.87. The highest BCUT2D eigenvalue weighted by molar-refractivity contribution is 7.07. The van der Waals surface area contributed by atoms with E-state index in [-0.39, 0.29) is 12.1 Å². The van der Waals surface area contributed by atoms with E-state index in [1.807, 2.05) is 0 Å². The van der Waals surface area contributed by atoms with E-state index < -0.39 is 0 Å². The van der Waals surface area contributed by atoms with Crippen LogP contribution in [0.25, 0.3) is 0 Å². The summed E-state index contributed by atoms with van der Waals surface area (Å²) in [5.74, 6) is 1.57. The molecule has 2 heterocycles. The molecule has 4 heteroatoms. The molecule has 0 aromatic carbocycles. The Balaban J connectivity index is 1.86. The number of hydrogen-bond donors (Lipinski definition) is 1. The Kier molecular flexibility index (Phi) is 4.13. The second-order valence-electron chi connectivity index (χ2n) is 6.40. The van der Waals surface area contributed by atoms with Gasteiger partial charge in [0.2, 0.25) is 5.91 Å². The highest BCUT2D eigenvalue weighted by atomic mass is 32.1. The fraction of sp³-hybridized carbons (Fsp3) is 0.688. The van der Waals surface area contributed by atoms with Crippen LogP contribution in [0.15, 0.2) is 16.8 Å². The topological polar surface area (TPSA) is 32.3 Å². The van der Waals surface area contributed by atoms with Gasteiger partial charge in [-0.2, -0.15) is 11.3 Å². The lowest BCUT2D eigenvalue weighted by atomic mass is 9.77. The largest absolute Gasteiger partial charge is 0.319 e. The minimum absolute atomic E-state index is 0.0955. The minimum atomic E-state index is 0.0955. The molecule has 2 aliphatic rings. The lowest BCUT2D eigenvalue weighted by Crippen LogP contribution is -2.46. The van der Waals surface area contributed by atoms with E-state index in [2.05, 4.69) is 40.9 Å². The maximum absolute atomic E-state index is 12.4. The summed E-state index contributed by atoms with van der Waals surface area (Å²) in [5, 5.41) is 7.66. The molecule has 3 unspecified atom stereocenters. The molecule has 2 fully saturated rings. The van der Waals surface area contributed by atoms with E-state index in [4.69, 9.17) is 0 Å². The van der Waals surface area contributed by atoms with Crippen molar-refractivity contribution < 1.29 is 4.79 Å². The van der Waals surface area contributed by atoms with E-state index in [0.717, 1.165) is 6.42 Å². The lowest BCUT2D eigenvalue weighted by Gasteiger charge is -2.42. The number of nitrogens with zero attached hydrogens (tertiary/aromatic N) is 1. The van der Waals surface area contributed by atoms with Crippen molar-refractivity contribution in [1.29, 1.82) is 0 Å². The van der Waals surface area contributed by atoms with Crippen molar-refractivity contribution >= 4 is 17.2 Å². The van der Waals surface area contributed by atoms with Gasteiger partial charge in [0, 0.05) is 6.04 Å². The Morgan fingerprint density at radius 1 is 1.35 bits per heavy atom. The first-order valence-electron chi connectivity index (χ1n) is 7.75. The third-order valence-corrected chi connectivity index (χ3v) is 5.57. The molecule has 3 atom stereocenters. The molecule has 1 aliphatic carbocycles. The zero-order chi connectivity index (χ0) is 14.1. The van der Waals surface area contributed by atoms with Crippen molar-refractivity contribution in [3.05, 3.63) is 22.4 Å².